The summed E-state index contributed by atoms with van der Waals surface area (Å²) in [6.07, 6.45) is 6.02. The lowest BCUT2D eigenvalue weighted by molar-refractivity contribution is -0.384. The molecule has 1 amide bonds. The van der Waals surface area contributed by atoms with E-state index < -0.39 is 4.92 Å². The zero-order chi connectivity index (χ0) is 15.2. The molecule has 0 saturated heterocycles. The minimum atomic E-state index is -0.508. The normalized spacial score (nSPS) is 10.3. The Labute approximate surface area is 134 Å². The van der Waals surface area contributed by atoms with Crippen LogP contribution in [0, 0.1) is 13.7 Å². The average molecular weight is 400 g/mol. The van der Waals surface area contributed by atoms with Crippen LogP contribution in [-0.4, -0.2) is 26.9 Å². The van der Waals surface area contributed by atoms with Crippen molar-refractivity contribution in [2.75, 3.05) is 6.54 Å². The van der Waals surface area contributed by atoms with E-state index in [0.29, 0.717) is 15.7 Å². The number of hydrogen-bond donors (Lipinski definition) is 1. The lowest BCUT2D eigenvalue weighted by Gasteiger charge is -2.07. The monoisotopic (exact) mass is 400 g/mol. The number of halogens is 1. The molecule has 2 rings (SSSR count). The van der Waals surface area contributed by atoms with Crippen molar-refractivity contribution in [2.45, 2.75) is 13.0 Å². The maximum absolute atomic E-state index is 12.0. The number of hydrogen-bond acceptors (Lipinski definition) is 4. The van der Waals surface area contributed by atoms with Gasteiger partial charge in [0, 0.05) is 41.2 Å². The predicted molar refractivity (Wildman–Crippen MR) is 85.0 cm³/mol. The van der Waals surface area contributed by atoms with Crippen molar-refractivity contribution in [1.82, 2.24) is 14.9 Å². The summed E-state index contributed by atoms with van der Waals surface area (Å²) < 4.78 is 2.61. The van der Waals surface area contributed by atoms with E-state index in [1.54, 1.807) is 18.6 Å². The van der Waals surface area contributed by atoms with E-state index in [9.17, 15) is 14.9 Å². The second kappa shape index (κ2) is 7.16. The lowest BCUT2D eigenvalue weighted by Crippen LogP contribution is -2.26. The van der Waals surface area contributed by atoms with Gasteiger partial charge in [-0.3, -0.25) is 14.9 Å². The predicted octanol–water partition coefficient (Wildman–Crippen LogP) is 2.22. The van der Waals surface area contributed by atoms with Gasteiger partial charge in [0.25, 0.3) is 11.6 Å². The number of rotatable bonds is 6. The molecule has 0 fully saturated rings. The van der Waals surface area contributed by atoms with Crippen LogP contribution < -0.4 is 5.32 Å². The van der Waals surface area contributed by atoms with Crippen LogP contribution in [0.3, 0.4) is 0 Å². The van der Waals surface area contributed by atoms with Crippen molar-refractivity contribution in [3.63, 3.8) is 0 Å². The number of benzene rings is 1. The number of nitrogens with zero attached hydrogens (tertiary/aromatic N) is 3. The Morgan fingerprint density at radius 1 is 1.48 bits per heavy atom. The molecule has 0 radical (unpaired) electrons. The van der Waals surface area contributed by atoms with Gasteiger partial charge in [0.15, 0.2) is 0 Å². The summed E-state index contributed by atoms with van der Waals surface area (Å²) in [7, 11) is 0. The maximum atomic E-state index is 12.0. The Morgan fingerprint density at radius 2 is 2.29 bits per heavy atom. The molecular formula is C13H13IN4O3. The van der Waals surface area contributed by atoms with Crippen LogP contribution >= 0.6 is 22.6 Å². The topological polar surface area (TPSA) is 90.1 Å². The number of imidazole rings is 1. The standard InChI is InChI=1S/C13H13IN4O3/c14-12-3-2-10(18(20)21)8-11(12)13(19)16-4-1-6-17-7-5-15-9-17/h2-3,5,7-9H,1,4,6H2,(H,16,19). The number of amides is 1. The third-order valence-corrected chi connectivity index (χ3v) is 3.78. The highest BCUT2D eigenvalue weighted by Gasteiger charge is 2.14. The summed E-state index contributed by atoms with van der Waals surface area (Å²) in [4.78, 5) is 26.2. The smallest absolute Gasteiger partial charge is 0.270 e. The molecule has 0 spiro atoms. The third-order valence-electron chi connectivity index (χ3n) is 2.84. The molecule has 1 heterocycles. The molecule has 0 aliphatic rings. The number of nitrogens with one attached hydrogen (secondary N) is 1. The molecule has 8 heteroatoms. The first-order valence-corrected chi connectivity index (χ1v) is 7.33. The molecule has 1 N–H and O–H groups in total. The van der Waals surface area contributed by atoms with E-state index in [1.807, 2.05) is 33.4 Å². The minimum absolute atomic E-state index is 0.0843. The van der Waals surface area contributed by atoms with Gasteiger partial charge in [-0.15, -0.1) is 0 Å². The molecule has 1 aromatic heterocycles. The van der Waals surface area contributed by atoms with Crippen molar-refractivity contribution in [1.29, 1.82) is 0 Å². The van der Waals surface area contributed by atoms with Crippen LogP contribution in [0.15, 0.2) is 36.9 Å². The number of carbonyl (C=O) groups is 1. The number of carbonyl (C=O) groups excluding carboxylic acids is 1. The minimum Gasteiger partial charge on any atom is -0.352 e. The Balaban J connectivity index is 1.90. The molecule has 0 bridgehead atoms. The van der Waals surface area contributed by atoms with Gasteiger partial charge >= 0.3 is 0 Å². The third kappa shape index (κ3) is 4.25. The zero-order valence-corrected chi connectivity index (χ0v) is 13.2. The van der Waals surface area contributed by atoms with Crippen molar-refractivity contribution in [2.24, 2.45) is 0 Å². The first-order valence-electron chi connectivity index (χ1n) is 6.26. The molecule has 0 unspecified atom stereocenters. The Kier molecular flexibility index (Phi) is 5.26. The van der Waals surface area contributed by atoms with Crippen LogP contribution in [0.25, 0.3) is 0 Å². The quantitative estimate of drug-likeness (QED) is 0.349. The molecular weight excluding hydrogens is 387 g/mol. The van der Waals surface area contributed by atoms with Gasteiger partial charge in [0.1, 0.15) is 0 Å². The molecule has 0 aliphatic heterocycles. The van der Waals surface area contributed by atoms with Gasteiger partial charge in [-0.1, -0.05) is 0 Å². The summed E-state index contributed by atoms with van der Waals surface area (Å²) in [6, 6.07) is 4.25. The maximum Gasteiger partial charge on any atom is 0.270 e. The van der Waals surface area contributed by atoms with Crippen LogP contribution in [-0.2, 0) is 6.54 Å². The highest BCUT2D eigenvalue weighted by atomic mass is 127. The number of aromatic nitrogens is 2. The van der Waals surface area contributed by atoms with Crippen LogP contribution in [0.1, 0.15) is 16.8 Å². The molecule has 0 atom stereocenters. The van der Waals surface area contributed by atoms with Gasteiger partial charge in [-0.25, -0.2) is 4.98 Å². The van der Waals surface area contributed by atoms with Crippen LogP contribution in [0.5, 0.6) is 0 Å². The van der Waals surface area contributed by atoms with Gasteiger partial charge in [0.2, 0.25) is 0 Å². The van der Waals surface area contributed by atoms with E-state index in [2.05, 4.69) is 10.3 Å². The van der Waals surface area contributed by atoms with Gasteiger partial charge in [0.05, 0.1) is 16.8 Å². The Hall–Kier alpha value is -1.97. The highest BCUT2D eigenvalue weighted by molar-refractivity contribution is 14.1. The van der Waals surface area contributed by atoms with E-state index in [-0.39, 0.29) is 11.6 Å². The molecule has 21 heavy (non-hydrogen) atoms. The largest absolute Gasteiger partial charge is 0.352 e. The first kappa shape index (κ1) is 15.4. The van der Waals surface area contributed by atoms with Crippen LogP contribution in [0.4, 0.5) is 5.69 Å². The molecule has 110 valence electrons. The summed E-state index contributed by atoms with van der Waals surface area (Å²) in [5, 5.41) is 13.5. The summed E-state index contributed by atoms with van der Waals surface area (Å²) in [5.74, 6) is -0.297. The molecule has 0 aliphatic carbocycles. The van der Waals surface area contributed by atoms with Crippen molar-refractivity contribution in [3.8, 4) is 0 Å². The first-order chi connectivity index (χ1) is 10.1. The molecule has 1 aromatic carbocycles. The van der Waals surface area contributed by atoms with Crippen molar-refractivity contribution >= 4 is 34.2 Å². The van der Waals surface area contributed by atoms with Crippen molar-refractivity contribution < 1.29 is 9.72 Å². The SMILES string of the molecule is O=C(NCCCn1ccnc1)c1cc([N+](=O)[O-])ccc1I. The summed E-state index contributed by atoms with van der Waals surface area (Å²) in [5.41, 5.74) is 0.242. The Bertz CT molecular complexity index is 643. The summed E-state index contributed by atoms with van der Waals surface area (Å²) >= 11 is 1.99. The van der Waals surface area contributed by atoms with Crippen LogP contribution in [0.2, 0.25) is 0 Å². The van der Waals surface area contributed by atoms with Crippen molar-refractivity contribution in [3.05, 3.63) is 56.2 Å². The van der Waals surface area contributed by atoms with E-state index in [4.69, 9.17) is 0 Å². The zero-order valence-electron chi connectivity index (χ0n) is 11.0. The van der Waals surface area contributed by atoms with Gasteiger partial charge in [-0.2, -0.15) is 0 Å². The number of aryl methyl sites for hydroxylation is 1. The number of nitro groups is 1. The van der Waals surface area contributed by atoms with Gasteiger partial charge in [-0.05, 0) is 35.1 Å². The average Bonchev–Trinajstić information content (AvgIpc) is 2.96. The summed E-state index contributed by atoms with van der Waals surface area (Å²) in [6.45, 7) is 1.25. The second-order valence-corrected chi connectivity index (χ2v) is 5.49. The fraction of sp³-hybridized carbons (Fsp3) is 0.231. The number of non-ortho nitro benzene ring substituents is 1. The molecule has 0 saturated carbocycles. The lowest BCUT2D eigenvalue weighted by atomic mass is 10.2. The fourth-order valence-electron chi connectivity index (χ4n) is 1.78. The highest BCUT2D eigenvalue weighted by Crippen LogP contribution is 2.19. The molecule has 7 nitrogen and oxygen atoms in total. The fourth-order valence-corrected chi connectivity index (χ4v) is 2.36. The second-order valence-electron chi connectivity index (χ2n) is 4.33. The van der Waals surface area contributed by atoms with Gasteiger partial charge < -0.3 is 9.88 Å². The Morgan fingerprint density at radius 3 is 2.95 bits per heavy atom. The van der Waals surface area contributed by atoms with E-state index in [0.717, 1.165) is 13.0 Å². The number of nitro benzene ring substituents is 1. The molecule has 2 aromatic rings. The van der Waals surface area contributed by atoms with E-state index in [1.165, 1.54) is 12.1 Å². The van der Waals surface area contributed by atoms with E-state index >= 15 is 0 Å².